The van der Waals surface area contributed by atoms with Gasteiger partial charge in [0.05, 0.1) is 13.2 Å². The van der Waals surface area contributed by atoms with Crippen molar-refractivity contribution in [3.8, 4) is 0 Å². The van der Waals surface area contributed by atoms with E-state index in [0.717, 1.165) is 38.4 Å². The van der Waals surface area contributed by atoms with Crippen molar-refractivity contribution in [2.75, 3.05) is 51.2 Å². The molecule has 2 N–H and O–H groups in total. The van der Waals surface area contributed by atoms with Crippen molar-refractivity contribution in [3.05, 3.63) is 30.3 Å². The van der Waals surface area contributed by atoms with Crippen LogP contribution in [0.25, 0.3) is 0 Å². The lowest BCUT2D eigenvalue weighted by Crippen LogP contribution is -3.00. The molecule has 6 heteroatoms. The molecule has 0 bridgehead atoms. The summed E-state index contributed by atoms with van der Waals surface area (Å²) in [6.07, 6.45) is 0. The second-order valence-electron chi connectivity index (χ2n) is 4.76. The molecule has 112 valence electrons. The minimum atomic E-state index is 0. The number of anilines is 1. The Morgan fingerprint density at radius 3 is 2.30 bits per heavy atom. The van der Waals surface area contributed by atoms with Gasteiger partial charge < -0.3 is 22.8 Å². The van der Waals surface area contributed by atoms with E-state index in [4.69, 9.17) is 5.11 Å². The molecule has 0 radical (unpaired) electrons. The number of carbonyl (C=O) groups is 1. The van der Waals surface area contributed by atoms with Gasteiger partial charge in [0.15, 0.2) is 0 Å². The number of para-hydroxylation sites is 1. The van der Waals surface area contributed by atoms with Crippen molar-refractivity contribution < 1.29 is 22.3 Å². The van der Waals surface area contributed by atoms with Crippen LogP contribution in [0.5, 0.6) is 0 Å². The predicted octanol–water partition coefficient (Wildman–Crippen LogP) is -2.76. The molecule has 0 aromatic heterocycles. The molecule has 1 saturated heterocycles. The first-order chi connectivity index (χ1) is 9.28. The van der Waals surface area contributed by atoms with Gasteiger partial charge >= 0.3 is 0 Å². The molecule has 0 spiro atoms. The van der Waals surface area contributed by atoms with Gasteiger partial charge in [-0.1, -0.05) is 18.2 Å². The molecule has 20 heavy (non-hydrogen) atoms. The minimum Gasteiger partial charge on any atom is -1.00 e. The van der Waals surface area contributed by atoms with Gasteiger partial charge in [-0.3, -0.25) is 14.6 Å². The fourth-order valence-corrected chi connectivity index (χ4v) is 2.24. The van der Waals surface area contributed by atoms with Gasteiger partial charge in [-0.25, -0.2) is 0 Å². The first-order valence-electron chi connectivity index (χ1n) is 6.68. The molecule has 1 amide bonds. The Hall–Kier alpha value is -1.14. The SMILES string of the molecule is O=C(CN1CCN(CCO)CC1)Nc1ccccc1.[Cl-]. The van der Waals surface area contributed by atoms with Gasteiger partial charge in [0.2, 0.25) is 5.91 Å². The zero-order valence-electron chi connectivity index (χ0n) is 11.5. The third-order valence-electron chi connectivity index (χ3n) is 3.31. The topological polar surface area (TPSA) is 55.8 Å². The van der Waals surface area contributed by atoms with Gasteiger partial charge in [0.25, 0.3) is 0 Å². The van der Waals surface area contributed by atoms with Crippen molar-refractivity contribution in [1.29, 1.82) is 0 Å². The summed E-state index contributed by atoms with van der Waals surface area (Å²) < 4.78 is 0. The number of halogens is 1. The summed E-state index contributed by atoms with van der Waals surface area (Å²) in [4.78, 5) is 16.2. The first kappa shape index (κ1) is 16.9. The summed E-state index contributed by atoms with van der Waals surface area (Å²) >= 11 is 0. The first-order valence-corrected chi connectivity index (χ1v) is 6.68. The summed E-state index contributed by atoms with van der Waals surface area (Å²) in [7, 11) is 0. The van der Waals surface area contributed by atoms with E-state index in [1.54, 1.807) is 0 Å². The lowest BCUT2D eigenvalue weighted by atomic mass is 10.3. The normalized spacial score (nSPS) is 16.4. The van der Waals surface area contributed by atoms with E-state index in [9.17, 15) is 4.79 Å². The Bertz CT molecular complexity index is 395. The van der Waals surface area contributed by atoms with Crippen LogP contribution >= 0.6 is 0 Å². The van der Waals surface area contributed by atoms with E-state index in [-0.39, 0.29) is 24.9 Å². The zero-order chi connectivity index (χ0) is 13.5. The maximum absolute atomic E-state index is 11.9. The highest BCUT2D eigenvalue weighted by Crippen LogP contribution is 2.06. The van der Waals surface area contributed by atoms with Crippen LogP contribution in [0.4, 0.5) is 5.69 Å². The number of aliphatic hydroxyl groups is 1. The van der Waals surface area contributed by atoms with E-state index >= 15 is 0 Å². The number of nitrogens with one attached hydrogen (secondary N) is 1. The molecule has 1 aliphatic rings. The van der Waals surface area contributed by atoms with Gasteiger partial charge in [0.1, 0.15) is 0 Å². The molecular weight excluding hydrogens is 278 g/mol. The maximum atomic E-state index is 11.9. The summed E-state index contributed by atoms with van der Waals surface area (Å²) in [5.74, 6) is 0.0295. The van der Waals surface area contributed by atoms with Gasteiger partial charge in [-0.05, 0) is 12.1 Å². The molecule has 0 aliphatic carbocycles. The van der Waals surface area contributed by atoms with Crippen LogP contribution in [0.2, 0.25) is 0 Å². The molecule has 2 rings (SSSR count). The number of hydrogen-bond donors (Lipinski definition) is 2. The Labute approximate surface area is 126 Å². The van der Waals surface area contributed by atoms with Crippen LogP contribution in [0, 0.1) is 0 Å². The number of β-amino-alcohol motifs (C(OH)–C–C–N with tert-alkyl or cyclic N) is 1. The summed E-state index contributed by atoms with van der Waals surface area (Å²) in [5, 5.41) is 11.8. The summed E-state index contributed by atoms with van der Waals surface area (Å²) in [6.45, 7) is 4.95. The number of hydrogen-bond acceptors (Lipinski definition) is 4. The smallest absolute Gasteiger partial charge is 0.238 e. The monoisotopic (exact) mass is 298 g/mol. The largest absolute Gasteiger partial charge is 1.00 e. The molecule has 1 aromatic rings. The second-order valence-corrected chi connectivity index (χ2v) is 4.76. The fourth-order valence-electron chi connectivity index (χ4n) is 2.24. The molecule has 0 saturated carbocycles. The van der Waals surface area contributed by atoms with Crippen LogP contribution in [0.15, 0.2) is 30.3 Å². The molecule has 1 heterocycles. The van der Waals surface area contributed by atoms with E-state index in [1.165, 1.54) is 0 Å². The van der Waals surface area contributed by atoms with Crippen LogP contribution in [-0.2, 0) is 4.79 Å². The number of aliphatic hydroxyl groups excluding tert-OH is 1. The van der Waals surface area contributed by atoms with E-state index in [1.807, 2.05) is 30.3 Å². The molecular formula is C14H21ClN3O2-. The second kappa shape index (κ2) is 8.92. The van der Waals surface area contributed by atoms with Crippen LogP contribution in [-0.4, -0.2) is 66.7 Å². The molecule has 1 aliphatic heterocycles. The van der Waals surface area contributed by atoms with Gasteiger partial charge in [-0.2, -0.15) is 0 Å². The lowest BCUT2D eigenvalue weighted by molar-refractivity contribution is -0.117. The fraction of sp³-hybridized carbons (Fsp3) is 0.500. The maximum Gasteiger partial charge on any atom is 0.238 e. The van der Waals surface area contributed by atoms with Crippen molar-refractivity contribution in [2.24, 2.45) is 0 Å². The number of nitrogens with zero attached hydrogens (tertiary/aromatic N) is 2. The number of carbonyl (C=O) groups excluding carboxylic acids is 1. The van der Waals surface area contributed by atoms with E-state index in [0.29, 0.717) is 6.54 Å². The Morgan fingerprint density at radius 2 is 1.70 bits per heavy atom. The van der Waals surface area contributed by atoms with Crippen molar-refractivity contribution in [3.63, 3.8) is 0 Å². The van der Waals surface area contributed by atoms with E-state index < -0.39 is 0 Å². The number of piperazine rings is 1. The Balaban J connectivity index is 0.00000200. The Kier molecular flexibility index (Phi) is 7.54. The van der Waals surface area contributed by atoms with Crippen molar-refractivity contribution >= 4 is 11.6 Å². The average molecular weight is 299 g/mol. The number of amides is 1. The Morgan fingerprint density at radius 1 is 1.10 bits per heavy atom. The van der Waals surface area contributed by atoms with Gasteiger partial charge in [-0.15, -0.1) is 0 Å². The third kappa shape index (κ3) is 5.46. The van der Waals surface area contributed by atoms with Crippen molar-refractivity contribution in [1.82, 2.24) is 9.80 Å². The third-order valence-corrected chi connectivity index (χ3v) is 3.31. The molecule has 0 atom stereocenters. The highest BCUT2D eigenvalue weighted by Gasteiger charge is 2.18. The van der Waals surface area contributed by atoms with E-state index in [2.05, 4.69) is 15.1 Å². The number of rotatable bonds is 5. The number of benzene rings is 1. The molecule has 1 fully saturated rings. The highest BCUT2D eigenvalue weighted by atomic mass is 35.5. The molecule has 0 unspecified atom stereocenters. The highest BCUT2D eigenvalue weighted by molar-refractivity contribution is 5.92. The average Bonchev–Trinajstić information content (AvgIpc) is 2.42. The molecule has 5 nitrogen and oxygen atoms in total. The lowest BCUT2D eigenvalue weighted by Gasteiger charge is -2.33. The zero-order valence-corrected chi connectivity index (χ0v) is 12.2. The quantitative estimate of drug-likeness (QED) is 0.618. The standard InChI is InChI=1S/C14H21N3O2.ClH/c18-11-10-16-6-8-17(9-7-16)12-14(19)15-13-4-2-1-3-5-13;/h1-5,18H,6-12H2,(H,15,19);1H/p-1. The van der Waals surface area contributed by atoms with Crippen LogP contribution in [0.3, 0.4) is 0 Å². The van der Waals surface area contributed by atoms with Crippen molar-refractivity contribution in [2.45, 2.75) is 0 Å². The van der Waals surface area contributed by atoms with Gasteiger partial charge in [0, 0.05) is 38.4 Å². The summed E-state index contributed by atoms with van der Waals surface area (Å²) in [6, 6.07) is 9.51. The summed E-state index contributed by atoms with van der Waals surface area (Å²) in [5.41, 5.74) is 0.839. The van der Waals surface area contributed by atoms with Crippen LogP contribution < -0.4 is 17.7 Å². The van der Waals surface area contributed by atoms with Crippen LogP contribution in [0.1, 0.15) is 0 Å². The minimum absolute atomic E-state index is 0. The molecule has 1 aromatic carbocycles. The predicted molar refractivity (Wildman–Crippen MR) is 75.0 cm³/mol.